The second kappa shape index (κ2) is 7.13. The molecular formula is C18H13BrN2O3S. The van der Waals surface area contributed by atoms with Crippen molar-refractivity contribution in [1.29, 1.82) is 5.26 Å². The number of nitrogens with one attached hydrogen (secondary N) is 1. The van der Waals surface area contributed by atoms with Crippen molar-refractivity contribution < 1.29 is 9.47 Å². The molecule has 0 amide bonds. The van der Waals surface area contributed by atoms with Gasteiger partial charge in [-0.1, -0.05) is 0 Å². The zero-order valence-corrected chi connectivity index (χ0v) is 15.8. The van der Waals surface area contributed by atoms with Gasteiger partial charge in [0.25, 0.3) is 5.56 Å². The highest BCUT2D eigenvalue weighted by atomic mass is 79.9. The first-order valence-electron chi connectivity index (χ1n) is 7.21. The van der Waals surface area contributed by atoms with Gasteiger partial charge in [-0.3, -0.25) is 4.79 Å². The van der Waals surface area contributed by atoms with E-state index in [4.69, 9.17) is 9.47 Å². The van der Waals surface area contributed by atoms with Crippen LogP contribution in [0.15, 0.2) is 45.0 Å². The van der Waals surface area contributed by atoms with Gasteiger partial charge in [0, 0.05) is 31.6 Å². The van der Waals surface area contributed by atoms with Crippen LogP contribution < -0.4 is 15.0 Å². The molecule has 0 aliphatic carbocycles. The average Bonchev–Trinajstić information content (AvgIpc) is 3.06. The zero-order chi connectivity index (χ0) is 18.0. The number of aromatic amines is 1. The summed E-state index contributed by atoms with van der Waals surface area (Å²) in [7, 11) is 3.12. The lowest BCUT2D eigenvalue weighted by molar-refractivity contribution is 0.355. The van der Waals surface area contributed by atoms with Crippen LogP contribution in [0.4, 0.5) is 0 Å². The van der Waals surface area contributed by atoms with Gasteiger partial charge in [0.15, 0.2) is 11.5 Å². The number of nitrogens with zero attached hydrogens (tertiary/aromatic N) is 1. The van der Waals surface area contributed by atoms with Gasteiger partial charge in [0.05, 0.1) is 14.2 Å². The Bertz CT molecular complexity index is 1030. The first-order chi connectivity index (χ1) is 12.1. The highest BCUT2D eigenvalue weighted by molar-refractivity contribution is 9.10. The van der Waals surface area contributed by atoms with E-state index in [1.54, 1.807) is 32.4 Å². The Balaban J connectivity index is 2.20. The van der Waals surface area contributed by atoms with E-state index in [0.29, 0.717) is 22.8 Å². The maximum absolute atomic E-state index is 12.4. The van der Waals surface area contributed by atoms with Crippen LogP contribution in [0.2, 0.25) is 0 Å². The molecule has 0 unspecified atom stereocenters. The van der Waals surface area contributed by atoms with E-state index in [2.05, 4.69) is 20.9 Å². The normalized spacial score (nSPS) is 10.3. The largest absolute Gasteiger partial charge is 0.493 e. The van der Waals surface area contributed by atoms with E-state index >= 15 is 0 Å². The van der Waals surface area contributed by atoms with E-state index in [0.717, 1.165) is 14.9 Å². The number of rotatable bonds is 4. The summed E-state index contributed by atoms with van der Waals surface area (Å²) in [6.45, 7) is 0. The number of benzene rings is 1. The van der Waals surface area contributed by atoms with Gasteiger partial charge in [-0.25, -0.2) is 0 Å². The smallest absolute Gasteiger partial charge is 0.267 e. The van der Waals surface area contributed by atoms with Crippen molar-refractivity contribution in [2.45, 2.75) is 0 Å². The predicted molar refractivity (Wildman–Crippen MR) is 101 cm³/mol. The minimum atomic E-state index is -0.422. The first-order valence-corrected chi connectivity index (χ1v) is 8.89. The molecule has 1 aromatic carbocycles. The van der Waals surface area contributed by atoms with Gasteiger partial charge in [0.1, 0.15) is 11.6 Å². The molecule has 7 heteroatoms. The highest BCUT2D eigenvalue weighted by Crippen LogP contribution is 2.35. The van der Waals surface area contributed by atoms with Gasteiger partial charge in [0.2, 0.25) is 0 Å². The Morgan fingerprint density at radius 1 is 1.16 bits per heavy atom. The van der Waals surface area contributed by atoms with Gasteiger partial charge >= 0.3 is 0 Å². The molecule has 0 aliphatic rings. The lowest BCUT2D eigenvalue weighted by Crippen LogP contribution is -2.12. The summed E-state index contributed by atoms with van der Waals surface area (Å²) in [6, 6.07) is 11.1. The van der Waals surface area contributed by atoms with Gasteiger partial charge in [-0.15, -0.1) is 11.3 Å². The van der Waals surface area contributed by atoms with Crippen molar-refractivity contribution >= 4 is 27.3 Å². The topological polar surface area (TPSA) is 75.1 Å². The summed E-state index contributed by atoms with van der Waals surface area (Å²) in [5.74, 6) is 1.16. The number of ether oxygens (including phenoxy) is 2. The third kappa shape index (κ3) is 3.31. The molecule has 25 heavy (non-hydrogen) atoms. The van der Waals surface area contributed by atoms with Crippen LogP contribution in [0, 0.1) is 11.3 Å². The highest BCUT2D eigenvalue weighted by Gasteiger charge is 2.15. The number of halogens is 1. The first kappa shape index (κ1) is 17.3. The van der Waals surface area contributed by atoms with E-state index in [-0.39, 0.29) is 5.56 Å². The van der Waals surface area contributed by atoms with Crippen molar-refractivity contribution in [3.05, 3.63) is 56.1 Å². The number of hydrogen-bond donors (Lipinski definition) is 1. The Morgan fingerprint density at radius 3 is 2.52 bits per heavy atom. The van der Waals surface area contributed by atoms with Crippen LogP contribution in [0.25, 0.3) is 21.7 Å². The third-order valence-corrected chi connectivity index (χ3v) is 5.40. The Hall–Kier alpha value is -2.56. The van der Waals surface area contributed by atoms with Crippen LogP contribution in [-0.2, 0) is 0 Å². The van der Waals surface area contributed by atoms with E-state index in [9.17, 15) is 10.1 Å². The minimum absolute atomic E-state index is 0.0959. The van der Waals surface area contributed by atoms with E-state index < -0.39 is 5.56 Å². The van der Waals surface area contributed by atoms with E-state index in [1.165, 1.54) is 11.3 Å². The fourth-order valence-electron chi connectivity index (χ4n) is 2.48. The summed E-state index contributed by atoms with van der Waals surface area (Å²) < 4.78 is 11.5. The predicted octanol–water partition coefficient (Wildman–Crippen LogP) is 4.42. The molecule has 1 N–H and O–H groups in total. The number of H-pyrrole nitrogens is 1. The number of methoxy groups -OCH3 is 2. The second-order valence-electron chi connectivity index (χ2n) is 5.11. The summed E-state index contributed by atoms with van der Waals surface area (Å²) in [4.78, 5) is 16.0. The molecule has 5 nitrogen and oxygen atoms in total. The van der Waals surface area contributed by atoms with Gasteiger partial charge < -0.3 is 14.5 Å². The maximum atomic E-state index is 12.4. The van der Waals surface area contributed by atoms with E-state index in [1.807, 2.05) is 23.6 Å². The summed E-state index contributed by atoms with van der Waals surface area (Å²) in [5.41, 5.74) is 1.64. The molecule has 0 saturated carbocycles. The molecule has 3 rings (SSSR count). The Labute approximate surface area is 156 Å². The lowest BCUT2D eigenvalue weighted by atomic mass is 10.0. The van der Waals surface area contributed by atoms with Crippen molar-refractivity contribution in [3.63, 3.8) is 0 Å². The van der Waals surface area contributed by atoms with Crippen molar-refractivity contribution in [2.24, 2.45) is 0 Å². The van der Waals surface area contributed by atoms with Crippen LogP contribution >= 0.6 is 27.3 Å². The summed E-state index contributed by atoms with van der Waals surface area (Å²) in [6.07, 6.45) is 0. The monoisotopic (exact) mass is 416 g/mol. The number of hydrogen-bond acceptors (Lipinski definition) is 5. The summed E-state index contributed by atoms with van der Waals surface area (Å²) >= 11 is 4.87. The fourth-order valence-corrected chi connectivity index (χ4v) is 3.93. The van der Waals surface area contributed by atoms with Crippen LogP contribution in [0.1, 0.15) is 5.56 Å². The Morgan fingerprint density at radius 2 is 1.92 bits per heavy atom. The molecule has 0 bridgehead atoms. The van der Waals surface area contributed by atoms with Gasteiger partial charge in [-0.2, -0.15) is 5.26 Å². The SMILES string of the molecule is COc1ccc(-c2cc(-c3cc(Br)cs3)c(C#N)c(=O)[nH]2)cc1OC. The minimum Gasteiger partial charge on any atom is -0.493 e. The van der Waals surface area contributed by atoms with Crippen molar-refractivity contribution in [3.8, 4) is 39.3 Å². The lowest BCUT2D eigenvalue weighted by Gasteiger charge is -2.11. The second-order valence-corrected chi connectivity index (χ2v) is 6.94. The maximum Gasteiger partial charge on any atom is 0.267 e. The number of nitriles is 1. The molecular weight excluding hydrogens is 404 g/mol. The molecule has 2 aromatic heterocycles. The van der Waals surface area contributed by atoms with Crippen LogP contribution in [0.5, 0.6) is 11.5 Å². The van der Waals surface area contributed by atoms with Gasteiger partial charge in [-0.05, 0) is 46.3 Å². The molecule has 3 aromatic rings. The molecule has 0 fully saturated rings. The molecule has 2 heterocycles. The summed E-state index contributed by atoms with van der Waals surface area (Å²) in [5, 5.41) is 11.3. The Kier molecular flexibility index (Phi) is 4.93. The molecule has 0 aliphatic heterocycles. The third-order valence-electron chi connectivity index (χ3n) is 3.67. The molecule has 0 saturated heterocycles. The fraction of sp³-hybridized carbons (Fsp3) is 0.111. The van der Waals surface area contributed by atoms with Crippen molar-refractivity contribution in [2.75, 3.05) is 14.2 Å². The molecule has 0 spiro atoms. The standard InChI is InChI=1S/C18H13BrN2O3S/c1-23-15-4-3-10(5-16(15)24-2)14-7-12(13(8-20)18(22)21-14)17-6-11(19)9-25-17/h3-7,9H,1-2H3,(H,21,22). The quantitative estimate of drug-likeness (QED) is 0.682. The van der Waals surface area contributed by atoms with Crippen LogP contribution in [0.3, 0.4) is 0 Å². The molecule has 0 atom stereocenters. The van der Waals surface area contributed by atoms with Crippen LogP contribution in [-0.4, -0.2) is 19.2 Å². The zero-order valence-electron chi connectivity index (χ0n) is 13.4. The molecule has 0 radical (unpaired) electrons. The number of thiophene rings is 1. The number of aromatic nitrogens is 1. The number of pyridine rings is 1. The molecule has 126 valence electrons. The van der Waals surface area contributed by atoms with Crippen molar-refractivity contribution in [1.82, 2.24) is 4.98 Å². The average molecular weight is 417 g/mol.